The van der Waals surface area contributed by atoms with Crippen molar-refractivity contribution in [3.05, 3.63) is 71.8 Å². The molecule has 1 atom stereocenters. The molecule has 1 saturated carbocycles. The van der Waals surface area contributed by atoms with Gasteiger partial charge in [0, 0.05) is 18.8 Å². The number of nitrogens with two attached hydrogens (primary N) is 1. The summed E-state index contributed by atoms with van der Waals surface area (Å²) < 4.78 is 60.3. The molecular formula is C27H28F2N4O4S. The smallest absolute Gasteiger partial charge is 0.409 e. The van der Waals surface area contributed by atoms with Gasteiger partial charge in [0.15, 0.2) is 9.84 Å². The first-order chi connectivity index (χ1) is 18.1. The second-order valence-corrected chi connectivity index (χ2v) is 12.3. The third-order valence-corrected chi connectivity index (χ3v) is 10.2. The summed E-state index contributed by atoms with van der Waals surface area (Å²) in [7, 11) is -4.08. The van der Waals surface area contributed by atoms with E-state index in [2.05, 4.69) is 15.4 Å². The Morgan fingerprint density at radius 3 is 2.45 bits per heavy atom. The Bertz CT molecular complexity index is 1410. The third-order valence-electron chi connectivity index (χ3n) is 7.59. The molecule has 200 valence electrons. The van der Waals surface area contributed by atoms with Gasteiger partial charge in [-0.15, -0.1) is 0 Å². The lowest BCUT2D eigenvalue weighted by molar-refractivity contribution is -0.115. The number of fused-ring (bicyclic) bond motifs is 6. The minimum absolute atomic E-state index is 0.0271. The van der Waals surface area contributed by atoms with Crippen molar-refractivity contribution in [3.63, 3.8) is 0 Å². The first-order valence-corrected chi connectivity index (χ1v) is 13.9. The molecule has 1 saturated heterocycles. The number of amides is 1. The number of hydrazone groups is 1. The van der Waals surface area contributed by atoms with E-state index in [4.69, 9.17) is 10.6 Å². The number of ether oxygens (including phenoxy) is 1. The summed E-state index contributed by atoms with van der Waals surface area (Å²) in [4.78, 5) is 16.0. The molecule has 0 spiro atoms. The van der Waals surface area contributed by atoms with Crippen molar-refractivity contribution in [2.75, 3.05) is 13.1 Å². The summed E-state index contributed by atoms with van der Waals surface area (Å²) in [5.41, 5.74) is 1.58. The van der Waals surface area contributed by atoms with Crippen LogP contribution in [0.5, 0.6) is 5.75 Å². The second-order valence-electron chi connectivity index (χ2n) is 9.96. The molecule has 38 heavy (non-hydrogen) atoms. The average molecular weight is 543 g/mol. The Hall–Kier alpha value is -3.44. The molecule has 8 nitrogen and oxygen atoms in total. The zero-order valence-corrected chi connectivity index (χ0v) is 21.3. The fourth-order valence-corrected chi connectivity index (χ4v) is 8.24. The van der Waals surface area contributed by atoms with E-state index in [1.165, 1.54) is 12.3 Å². The average Bonchev–Trinajstić information content (AvgIpc) is 2.93. The van der Waals surface area contributed by atoms with E-state index in [0.717, 1.165) is 5.56 Å². The molecule has 3 aliphatic heterocycles. The Kier molecular flexibility index (Phi) is 6.91. The Morgan fingerprint density at radius 2 is 1.79 bits per heavy atom. The highest BCUT2D eigenvalue weighted by Gasteiger charge is 2.66. The topological polar surface area (TPSA) is 123 Å². The molecular weight excluding hydrogens is 514 g/mol. The van der Waals surface area contributed by atoms with Crippen LogP contribution in [0.15, 0.2) is 75.7 Å². The fraction of sp³-hybridized carbons (Fsp3) is 0.370. The van der Waals surface area contributed by atoms with Crippen molar-refractivity contribution in [1.29, 1.82) is 0 Å². The molecule has 4 aliphatic rings. The molecule has 3 N–H and O–H groups in total. The maximum atomic E-state index is 14.2. The maximum absolute atomic E-state index is 14.2. The molecule has 2 fully saturated rings. The van der Waals surface area contributed by atoms with Crippen molar-refractivity contribution >= 4 is 27.9 Å². The normalized spacial score (nSPS) is 24.2. The van der Waals surface area contributed by atoms with E-state index in [0.29, 0.717) is 37.2 Å². The predicted octanol–water partition coefficient (Wildman–Crippen LogP) is 4.21. The summed E-state index contributed by atoms with van der Waals surface area (Å²) in [6.45, 7) is 1.22. The van der Waals surface area contributed by atoms with Gasteiger partial charge in [-0.1, -0.05) is 30.3 Å². The minimum atomic E-state index is -4.08. The number of sulfone groups is 1. The van der Waals surface area contributed by atoms with E-state index < -0.39 is 45.4 Å². The zero-order valence-electron chi connectivity index (χ0n) is 20.5. The molecule has 11 heteroatoms. The summed E-state index contributed by atoms with van der Waals surface area (Å²) >= 11 is 0. The third kappa shape index (κ3) is 4.88. The SMILES string of the molecule is NN=CC1=NC(=O)Oc2ccc(cc2)C(c2cccc(S(=O)(=O)C3(C4CCNCC4)CC(F)(F)C3)c2)/C=C\1. The Balaban J connectivity index is 1.57. The molecule has 1 amide bonds. The molecule has 2 aromatic carbocycles. The lowest BCUT2D eigenvalue weighted by atomic mass is 9.69. The van der Waals surface area contributed by atoms with Crippen LogP contribution in [0.4, 0.5) is 13.6 Å². The number of nitrogens with one attached hydrogen (secondary N) is 1. The molecule has 1 unspecified atom stereocenters. The van der Waals surface area contributed by atoms with Gasteiger partial charge in [-0.2, -0.15) is 10.1 Å². The number of nitrogens with zero attached hydrogens (tertiary/aromatic N) is 2. The van der Waals surface area contributed by atoms with Crippen molar-refractivity contribution < 1.29 is 26.7 Å². The van der Waals surface area contributed by atoms with Gasteiger partial charge in [-0.05, 0) is 73.3 Å². The lowest BCUT2D eigenvalue weighted by Crippen LogP contribution is -2.62. The predicted molar refractivity (Wildman–Crippen MR) is 140 cm³/mol. The standard InChI is InChI=1S/C27H28F2N4O4S/c28-27(29)16-26(17-27,20-10-12-31-13-11-20)38(35,36)23-3-1-2-19(14-23)24-9-6-21(15-32-30)33-25(34)37-22-7-4-18(24)5-8-22/h1-9,14-15,20,24,31H,10-13,16-17,30H2/b9-6-,32-15?,33-21?. The number of allylic oxidation sites excluding steroid dienone is 2. The number of benzene rings is 2. The maximum Gasteiger partial charge on any atom is 0.439 e. The van der Waals surface area contributed by atoms with Crippen LogP contribution in [0.2, 0.25) is 0 Å². The van der Waals surface area contributed by atoms with Crippen molar-refractivity contribution in [2.24, 2.45) is 21.9 Å². The zero-order chi connectivity index (χ0) is 27.0. The van der Waals surface area contributed by atoms with Gasteiger partial charge in [0.1, 0.15) is 5.75 Å². The van der Waals surface area contributed by atoms with Crippen molar-refractivity contribution in [1.82, 2.24) is 5.32 Å². The van der Waals surface area contributed by atoms with Gasteiger partial charge in [0.2, 0.25) is 0 Å². The molecule has 1 aliphatic carbocycles. The number of halogens is 2. The van der Waals surface area contributed by atoms with Crippen LogP contribution < -0.4 is 15.9 Å². The van der Waals surface area contributed by atoms with Crippen LogP contribution in [-0.2, 0) is 9.84 Å². The van der Waals surface area contributed by atoms with Gasteiger partial charge in [0.25, 0.3) is 5.92 Å². The van der Waals surface area contributed by atoms with Crippen LogP contribution >= 0.6 is 0 Å². The van der Waals surface area contributed by atoms with E-state index in [1.54, 1.807) is 54.6 Å². The van der Waals surface area contributed by atoms with Crippen LogP contribution in [0.25, 0.3) is 0 Å². The van der Waals surface area contributed by atoms with Gasteiger partial charge in [-0.3, -0.25) is 0 Å². The number of hydrogen-bond donors (Lipinski definition) is 2. The monoisotopic (exact) mass is 542 g/mol. The Morgan fingerprint density at radius 1 is 1.08 bits per heavy atom. The Labute approximate surface area is 219 Å². The number of hydrogen-bond acceptors (Lipinski definition) is 7. The van der Waals surface area contributed by atoms with Gasteiger partial charge in [-0.25, -0.2) is 22.0 Å². The van der Waals surface area contributed by atoms with Gasteiger partial charge >= 0.3 is 6.09 Å². The summed E-state index contributed by atoms with van der Waals surface area (Å²) in [6.07, 6.45) is 3.42. The molecule has 0 radical (unpaired) electrons. The lowest BCUT2D eigenvalue weighted by Gasteiger charge is -2.52. The fourth-order valence-electron chi connectivity index (χ4n) is 5.75. The second kappa shape index (κ2) is 10.0. The van der Waals surface area contributed by atoms with Crippen molar-refractivity contribution in [3.8, 4) is 5.75 Å². The van der Waals surface area contributed by atoms with Crippen LogP contribution in [0.3, 0.4) is 0 Å². The van der Waals surface area contributed by atoms with Crippen LogP contribution in [-0.4, -0.2) is 50.2 Å². The molecule has 0 aromatic heterocycles. The van der Waals surface area contributed by atoms with Crippen molar-refractivity contribution in [2.45, 2.75) is 47.2 Å². The van der Waals surface area contributed by atoms with Crippen LogP contribution in [0.1, 0.15) is 42.7 Å². The van der Waals surface area contributed by atoms with E-state index in [9.17, 15) is 22.0 Å². The number of alkyl halides is 2. The summed E-state index contributed by atoms with van der Waals surface area (Å²) in [5.74, 6) is 1.78. The number of rotatable bonds is 5. The summed E-state index contributed by atoms with van der Waals surface area (Å²) in [6, 6.07) is 13.2. The number of carbonyl (C=O) groups is 1. The van der Waals surface area contributed by atoms with E-state index in [-0.39, 0.29) is 16.5 Å². The minimum Gasteiger partial charge on any atom is -0.409 e. The van der Waals surface area contributed by atoms with Gasteiger partial charge in [0.05, 0.1) is 21.6 Å². The molecule has 3 heterocycles. The molecule has 2 bridgehead atoms. The first-order valence-electron chi connectivity index (χ1n) is 12.4. The highest BCUT2D eigenvalue weighted by Crippen LogP contribution is 2.57. The number of aliphatic imine (C=N–C) groups is 1. The van der Waals surface area contributed by atoms with E-state index >= 15 is 0 Å². The molecule has 2 aromatic rings. The van der Waals surface area contributed by atoms with Gasteiger partial charge < -0.3 is 15.9 Å². The molecule has 6 rings (SSSR count). The van der Waals surface area contributed by atoms with Crippen LogP contribution in [0, 0.1) is 5.92 Å². The highest BCUT2D eigenvalue weighted by atomic mass is 32.2. The summed E-state index contributed by atoms with van der Waals surface area (Å²) in [5, 5.41) is 6.63. The largest absolute Gasteiger partial charge is 0.439 e. The van der Waals surface area contributed by atoms with E-state index in [1.807, 2.05) is 0 Å². The quantitative estimate of drug-likeness (QED) is 0.331. The highest BCUT2D eigenvalue weighted by molar-refractivity contribution is 7.93. The number of piperidine rings is 1. The number of carbonyl (C=O) groups excluding carboxylic acids is 1. The first kappa shape index (κ1) is 26.2.